The molecule has 2 fully saturated rings. The van der Waals surface area contributed by atoms with E-state index in [2.05, 4.69) is 33.3 Å². The Kier molecular flexibility index (Phi) is 5.65. The second-order valence-electron chi connectivity index (χ2n) is 8.66. The minimum Gasteiger partial charge on any atom is -0.391 e. The van der Waals surface area contributed by atoms with Gasteiger partial charge in [0.1, 0.15) is 5.82 Å². The molecule has 5 rings (SSSR count). The summed E-state index contributed by atoms with van der Waals surface area (Å²) in [5.41, 5.74) is 3.64. The third kappa shape index (κ3) is 4.18. The molecular weight excluding hydrogens is 397 g/mol. The Morgan fingerprint density at radius 2 is 1.81 bits per heavy atom. The number of aliphatic hydroxyl groups is 1. The lowest BCUT2D eigenvalue weighted by Gasteiger charge is -2.43. The van der Waals surface area contributed by atoms with Crippen LogP contribution >= 0.6 is 0 Å². The van der Waals surface area contributed by atoms with Crippen LogP contribution in [0.4, 0.5) is 10.1 Å². The number of anilines is 1. The van der Waals surface area contributed by atoms with Crippen molar-refractivity contribution in [1.29, 1.82) is 0 Å². The van der Waals surface area contributed by atoms with E-state index < -0.39 is 12.1 Å². The molecule has 2 saturated heterocycles. The van der Waals surface area contributed by atoms with E-state index in [9.17, 15) is 14.3 Å². The van der Waals surface area contributed by atoms with Crippen LogP contribution in [-0.2, 0) is 11.2 Å². The molecule has 2 atom stereocenters. The maximum Gasteiger partial charge on any atom is 0.251 e. The van der Waals surface area contributed by atoms with Crippen LogP contribution in [0, 0.1) is 5.82 Å². The summed E-state index contributed by atoms with van der Waals surface area (Å²) in [6.07, 6.45) is 0.737. The van der Waals surface area contributed by atoms with E-state index in [-0.39, 0.29) is 11.7 Å². The normalized spacial score (nSPS) is 24.4. The molecule has 0 aromatic heterocycles. The lowest BCUT2D eigenvalue weighted by Crippen LogP contribution is -2.56. The SMILES string of the molecule is O=C(NC1c2cc(N3CCN(C4COC4)CC3)ccc2CCC1O)c1ccc(F)cc1. The van der Waals surface area contributed by atoms with Crippen LogP contribution in [0.2, 0.25) is 0 Å². The highest BCUT2D eigenvalue weighted by molar-refractivity contribution is 5.94. The third-order valence-corrected chi connectivity index (χ3v) is 6.77. The number of aliphatic hydroxyl groups excluding tert-OH is 1. The summed E-state index contributed by atoms with van der Waals surface area (Å²) in [6.45, 7) is 5.60. The number of carbonyl (C=O) groups excluding carboxylic acids is 1. The number of benzene rings is 2. The summed E-state index contributed by atoms with van der Waals surface area (Å²) in [4.78, 5) is 17.6. The summed E-state index contributed by atoms with van der Waals surface area (Å²) < 4.78 is 18.5. The molecule has 3 aliphatic rings. The summed E-state index contributed by atoms with van der Waals surface area (Å²) >= 11 is 0. The van der Waals surface area contributed by atoms with E-state index in [1.165, 1.54) is 24.3 Å². The van der Waals surface area contributed by atoms with E-state index >= 15 is 0 Å². The van der Waals surface area contributed by atoms with Gasteiger partial charge in [0.25, 0.3) is 5.91 Å². The van der Waals surface area contributed by atoms with Gasteiger partial charge in [0.2, 0.25) is 0 Å². The molecule has 0 spiro atoms. The molecule has 2 aliphatic heterocycles. The van der Waals surface area contributed by atoms with E-state index in [1.54, 1.807) is 0 Å². The Hall–Kier alpha value is -2.48. The van der Waals surface area contributed by atoms with Gasteiger partial charge in [0, 0.05) is 37.4 Å². The standard InChI is InChI=1S/C24H28FN3O3/c25-18-5-1-17(2-6-18)24(30)26-23-21-13-19(7-3-16(21)4-8-22(23)29)27-9-11-28(12-10-27)20-14-31-15-20/h1-3,5-7,13,20,22-23,29H,4,8-12,14-15H2,(H,26,30). The van der Waals surface area contributed by atoms with Crippen molar-refractivity contribution in [3.63, 3.8) is 0 Å². The number of piperazine rings is 1. The van der Waals surface area contributed by atoms with E-state index in [0.717, 1.165) is 62.6 Å². The van der Waals surface area contributed by atoms with Crippen molar-refractivity contribution >= 4 is 11.6 Å². The van der Waals surface area contributed by atoms with Crippen LogP contribution in [-0.4, -0.2) is 67.5 Å². The van der Waals surface area contributed by atoms with Gasteiger partial charge in [-0.25, -0.2) is 4.39 Å². The van der Waals surface area contributed by atoms with E-state index in [4.69, 9.17) is 4.74 Å². The second-order valence-corrected chi connectivity index (χ2v) is 8.66. The number of ether oxygens (including phenoxy) is 1. The molecule has 6 nitrogen and oxygen atoms in total. The zero-order valence-corrected chi connectivity index (χ0v) is 17.5. The molecule has 2 aromatic carbocycles. The van der Waals surface area contributed by atoms with Gasteiger partial charge in [-0.3, -0.25) is 9.69 Å². The smallest absolute Gasteiger partial charge is 0.251 e. The van der Waals surface area contributed by atoms with Crippen molar-refractivity contribution in [3.05, 3.63) is 65.0 Å². The number of fused-ring (bicyclic) bond motifs is 1. The number of hydrogen-bond acceptors (Lipinski definition) is 5. The van der Waals surface area contributed by atoms with Crippen LogP contribution in [0.5, 0.6) is 0 Å². The van der Waals surface area contributed by atoms with Crippen LogP contribution in [0.15, 0.2) is 42.5 Å². The Labute approximate surface area is 181 Å². The Morgan fingerprint density at radius 1 is 1.06 bits per heavy atom. The molecule has 0 saturated carbocycles. The molecule has 164 valence electrons. The van der Waals surface area contributed by atoms with Crippen molar-refractivity contribution in [2.24, 2.45) is 0 Å². The number of halogens is 1. The number of amides is 1. The number of rotatable bonds is 4. The Balaban J connectivity index is 1.33. The molecule has 2 N–H and O–H groups in total. The van der Waals surface area contributed by atoms with Gasteiger partial charge < -0.3 is 20.1 Å². The maximum absolute atomic E-state index is 13.2. The fourth-order valence-corrected chi connectivity index (χ4v) is 4.75. The van der Waals surface area contributed by atoms with Gasteiger partial charge in [0.05, 0.1) is 31.4 Å². The topological polar surface area (TPSA) is 65.0 Å². The molecule has 7 heteroatoms. The zero-order chi connectivity index (χ0) is 21.4. The van der Waals surface area contributed by atoms with Crippen molar-refractivity contribution in [2.75, 3.05) is 44.3 Å². The summed E-state index contributed by atoms with van der Waals surface area (Å²) in [6, 6.07) is 11.9. The maximum atomic E-state index is 13.2. The van der Waals surface area contributed by atoms with Gasteiger partial charge in [-0.2, -0.15) is 0 Å². The molecule has 2 heterocycles. The number of hydrogen-bond donors (Lipinski definition) is 2. The fourth-order valence-electron chi connectivity index (χ4n) is 4.75. The Bertz CT molecular complexity index is 940. The number of nitrogens with one attached hydrogen (secondary N) is 1. The fraction of sp³-hybridized carbons (Fsp3) is 0.458. The van der Waals surface area contributed by atoms with Crippen LogP contribution in [0.25, 0.3) is 0 Å². The zero-order valence-electron chi connectivity index (χ0n) is 17.5. The lowest BCUT2D eigenvalue weighted by molar-refractivity contribution is -0.0660. The van der Waals surface area contributed by atoms with Crippen molar-refractivity contribution in [1.82, 2.24) is 10.2 Å². The molecule has 1 amide bonds. The number of nitrogens with zero attached hydrogens (tertiary/aromatic N) is 2. The largest absolute Gasteiger partial charge is 0.391 e. The van der Waals surface area contributed by atoms with E-state index in [0.29, 0.717) is 18.0 Å². The predicted octanol–water partition coefficient (Wildman–Crippen LogP) is 2.12. The van der Waals surface area contributed by atoms with Crippen LogP contribution in [0.1, 0.15) is 33.9 Å². The first-order valence-corrected chi connectivity index (χ1v) is 11.0. The van der Waals surface area contributed by atoms with Crippen molar-refractivity contribution < 1.29 is 19.0 Å². The van der Waals surface area contributed by atoms with E-state index in [1.807, 2.05) is 0 Å². The van der Waals surface area contributed by atoms with Gasteiger partial charge in [-0.05, 0) is 60.4 Å². The van der Waals surface area contributed by atoms with Gasteiger partial charge in [-0.15, -0.1) is 0 Å². The molecular formula is C24H28FN3O3. The molecule has 2 unspecified atom stereocenters. The van der Waals surface area contributed by atoms with Gasteiger partial charge >= 0.3 is 0 Å². The van der Waals surface area contributed by atoms with Gasteiger partial charge in [-0.1, -0.05) is 6.07 Å². The molecule has 31 heavy (non-hydrogen) atoms. The highest BCUT2D eigenvalue weighted by Crippen LogP contribution is 2.34. The third-order valence-electron chi connectivity index (χ3n) is 6.77. The highest BCUT2D eigenvalue weighted by Gasteiger charge is 2.32. The number of carbonyl (C=O) groups is 1. The lowest BCUT2D eigenvalue weighted by atomic mass is 9.85. The molecule has 2 aromatic rings. The summed E-state index contributed by atoms with van der Waals surface area (Å²) in [5, 5.41) is 13.7. The summed E-state index contributed by atoms with van der Waals surface area (Å²) in [7, 11) is 0. The average Bonchev–Trinajstić information content (AvgIpc) is 2.75. The quantitative estimate of drug-likeness (QED) is 0.786. The van der Waals surface area contributed by atoms with Gasteiger partial charge in [0.15, 0.2) is 0 Å². The van der Waals surface area contributed by atoms with Crippen molar-refractivity contribution in [3.8, 4) is 0 Å². The molecule has 0 bridgehead atoms. The van der Waals surface area contributed by atoms with Crippen LogP contribution in [0.3, 0.4) is 0 Å². The first-order valence-electron chi connectivity index (χ1n) is 11.0. The molecule has 1 aliphatic carbocycles. The number of aryl methyl sites for hydroxylation is 1. The summed E-state index contributed by atoms with van der Waals surface area (Å²) in [5.74, 6) is -0.687. The first kappa shape index (κ1) is 20.4. The average molecular weight is 426 g/mol. The van der Waals surface area contributed by atoms with Crippen LogP contribution < -0.4 is 10.2 Å². The monoisotopic (exact) mass is 425 g/mol. The minimum absolute atomic E-state index is 0.307. The Morgan fingerprint density at radius 3 is 2.48 bits per heavy atom. The molecule has 0 radical (unpaired) electrons. The first-order chi connectivity index (χ1) is 15.1. The highest BCUT2D eigenvalue weighted by atomic mass is 19.1. The minimum atomic E-state index is -0.650. The van der Waals surface area contributed by atoms with Crippen molar-refractivity contribution in [2.45, 2.75) is 31.0 Å². The second kappa shape index (κ2) is 8.57. The predicted molar refractivity (Wildman–Crippen MR) is 116 cm³/mol.